The molecule has 0 heterocycles. The van der Waals surface area contributed by atoms with Gasteiger partial charge in [0.2, 0.25) is 0 Å². The summed E-state index contributed by atoms with van der Waals surface area (Å²) in [5.41, 5.74) is 0. The lowest BCUT2D eigenvalue weighted by Gasteiger charge is -1.91. The van der Waals surface area contributed by atoms with Crippen molar-refractivity contribution >= 4 is 24.0 Å². The minimum absolute atomic E-state index is 0.815. The molecular weight excluding hydrogens is 89.7 g/mol. The first-order valence-electron chi connectivity index (χ1n) is 2.39. The second-order valence-corrected chi connectivity index (χ2v) is 3.36. The first kappa shape index (κ1) is 6.48. The molecule has 0 bridgehead atoms. The molecule has 0 nitrogen and oxygen atoms in total. The molecule has 0 N–H and O–H groups in total. The topological polar surface area (TPSA) is 0 Å². The van der Waals surface area contributed by atoms with E-state index in [2.05, 4.69) is 20.5 Å². The summed E-state index contributed by atoms with van der Waals surface area (Å²) in [4.78, 5) is 0. The molecule has 0 aromatic carbocycles. The van der Waals surface area contributed by atoms with Gasteiger partial charge in [0.15, 0.2) is 12.5 Å². The lowest BCUT2D eigenvalue weighted by Crippen LogP contribution is -1.92. The summed E-state index contributed by atoms with van der Waals surface area (Å²) in [5, 5.41) is 0. The zero-order valence-corrected chi connectivity index (χ0v) is 5.51. The molecular formula is C3H10B2S. The molecule has 34 valence electrons. The van der Waals surface area contributed by atoms with Gasteiger partial charge in [-0.25, -0.2) is 0 Å². The van der Waals surface area contributed by atoms with Gasteiger partial charge in [0.1, 0.15) is 0 Å². The fraction of sp³-hybridized carbons (Fsp3) is 1.00. The van der Waals surface area contributed by atoms with Crippen LogP contribution in [0.25, 0.3) is 0 Å². The van der Waals surface area contributed by atoms with Crippen molar-refractivity contribution in [3.8, 4) is 0 Å². The van der Waals surface area contributed by atoms with Gasteiger partial charge in [-0.15, -0.1) is 0 Å². The van der Waals surface area contributed by atoms with Crippen molar-refractivity contribution in [2.75, 3.05) is 0 Å². The molecule has 0 amide bonds. The summed E-state index contributed by atoms with van der Waals surface area (Å²) in [6.07, 6.45) is 0. The predicted octanol–water partition coefficient (Wildman–Crippen LogP) is 1.37. The standard InChI is InChI=1S/C3H10B2S/c1-4-6-5(2)3/h4H,1-3H3. The van der Waals surface area contributed by atoms with Gasteiger partial charge in [0.05, 0.1) is 0 Å². The third-order valence-corrected chi connectivity index (χ3v) is 1.50. The predicted molar refractivity (Wildman–Crippen MR) is 38.1 cm³/mol. The molecule has 0 aromatic heterocycles. The Morgan fingerprint density at radius 1 is 1.50 bits per heavy atom. The summed E-state index contributed by atoms with van der Waals surface area (Å²) >= 11 is 1.99. The van der Waals surface area contributed by atoms with E-state index in [4.69, 9.17) is 0 Å². The van der Waals surface area contributed by atoms with Gasteiger partial charge in [0.25, 0.3) is 0 Å². The van der Waals surface area contributed by atoms with Crippen molar-refractivity contribution in [2.45, 2.75) is 20.5 Å². The Balaban J connectivity index is 2.63. The second-order valence-electron chi connectivity index (χ2n) is 1.50. The Morgan fingerprint density at radius 3 is 2.00 bits per heavy atom. The quantitative estimate of drug-likeness (QED) is 0.472. The Morgan fingerprint density at radius 2 is 2.00 bits per heavy atom. The maximum absolute atomic E-state index is 2.22. The van der Waals surface area contributed by atoms with Crippen LogP contribution in [0.2, 0.25) is 20.5 Å². The van der Waals surface area contributed by atoms with E-state index in [1.807, 2.05) is 11.5 Å². The molecule has 0 aliphatic heterocycles. The molecule has 0 rings (SSSR count). The van der Waals surface area contributed by atoms with Gasteiger partial charge in [-0.1, -0.05) is 20.5 Å². The van der Waals surface area contributed by atoms with Crippen molar-refractivity contribution in [1.82, 2.24) is 0 Å². The van der Waals surface area contributed by atoms with Crippen LogP contribution < -0.4 is 0 Å². The van der Waals surface area contributed by atoms with Crippen molar-refractivity contribution in [3.05, 3.63) is 0 Å². The van der Waals surface area contributed by atoms with E-state index in [-0.39, 0.29) is 0 Å². The Bertz CT molecular complexity index is 30.0. The van der Waals surface area contributed by atoms with E-state index >= 15 is 0 Å². The highest BCUT2D eigenvalue weighted by Gasteiger charge is 1.92. The molecule has 0 atom stereocenters. The van der Waals surface area contributed by atoms with Gasteiger partial charge in [-0.2, -0.15) is 0 Å². The Hall–Kier alpha value is 0.480. The fourth-order valence-corrected chi connectivity index (χ4v) is 1.00. The summed E-state index contributed by atoms with van der Waals surface area (Å²) in [6.45, 7) is 7.87. The molecule has 0 aliphatic carbocycles. The summed E-state index contributed by atoms with van der Waals surface area (Å²) in [5.74, 6) is 0.815. The van der Waals surface area contributed by atoms with Crippen molar-refractivity contribution in [3.63, 3.8) is 0 Å². The van der Waals surface area contributed by atoms with Crippen molar-refractivity contribution in [2.24, 2.45) is 0 Å². The van der Waals surface area contributed by atoms with Crippen LogP contribution in [0.4, 0.5) is 0 Å². The number of hydrogen-bond acceptors (Lipinski definition) is 1. The molecule has 0 saturated heterocycles. The van der Waals surface area contributed by atoms with E-state index in [1.165, 1.54) is 6.56 Å². The number of rotatable bonds is 2. The highest BCUT2D eigenvalue weighted by Crippen LogP contribution is 2.00. The summed E-state index contributed by atoms with van der Waals surface area (Å²) < 4.78 is 0. The van der Waals surface area contributed by atoms with Gasteiger partial charge in [-0.05, 0) is 0 Å². The number of hydrogen-bond donors (Lipinski definition) is 0. The monoisotopic (exact) mass is 100 g/mol. The normalized spacial score (nSPS) is 7.83. The average molecular weight is 99.8 g/mol. The van der Waals surface area contributed by atoms with Crippen LogP contribution in [0, 0.1) is 0 Å². The van der Waals surface area contributed by atoms with E-state index in [0.29, 0.717) is 0 Å². The van der Waals surface area contributed by atoms with Gasteiger partial charge >= 0.3 is 0 Å². The molecule has 6 heavy (non-hydrogen) atoms. The first-order chi connectivity index (χ1) is 2.77. The van der Waals surface area contributed by atoms with E-state index < -0.39 is 0 Å². The zero-order chi connectivity index (χ0) is 4.99. The van der Waals surface area contributed by atoms with Gasteiger partial charge in [-0.3, -0.25) is 11.5 Å². The highest BCUT2D eigenvalue weighted by atomic mass is 32.2. The van der Waals surface area contributed by atoms with Gasteiger partial charge in [0, 0.05) is 0 Å². The molecule has 0 spiro atoms. The lowest BCUT2D eigenvalue weighted by molar-refractivity contribution is 2.11. The molecule has 0 aromatic rings. The van der Waals surface area contributed by atoms with Crippen LogP contribution in [0.15, 0.2) is 0 Å². The minimum Gasteiger partial charge on any atom is -0.258 e. The molecule has 0 fully saturated rings. The summed E-state index contributed by atoms with van der Waals surface area (Å²) in [6, 6.07) is 0. The highest BCUT2D eigenvalue weighted by molar-refractivity contribution is 8.42. The van der Waals surface area contributed by atoms with E-state index in [9.17, 15) is 0 Å². The Kier molecular flexibility index (Phi) is 3.96. The average Bonchev–Trinajstić information content (AvgIpc) is 1.35. The maximum Gasteiger partial charge on any atom is 0.189 e. The van der Waals surface area contributed by atoms with Crippen LogP contribution >= 0.6 is 11.5 Å². The molecule has 0 saturated carbocycles. The zero-order valence-electron chi connectivity index (χ0n) is 4.69. The van der Waals surface area contributed by atoms with E-state index in [1.54, 1.807) is 0 Å². The first-order valence-corrected chi connectivity index (χ1v) is 3.43. The minimum atomic E-state index is 0.815. The smallest absolute Gasteiger partial charge is 0.189 e. The lowest BCUT2D eigenvalue weighted by atomic mass is 9.84. The van der Waals surface area contributed by atoms with Crippen LogP contribution in [0.3, 0.4) is 0 Å². The molecule has 0 radical (unpaired) electrons. The van der Waals surface area contributed by atoms with Gasteiger partial charge < -0.3 is 0 Å². The van der Waals surface area contributed by atoms with Crippen LogP contribution in [0.5, 0.6) is 0 Å². The largest absolute Gasteiger partial charge is 0.258 e. The molecule has 0 aliphatic rings. The summed E-state index contributed by atoms with van der Waals surface area (Å²) in [7, 11) is 0. The Labute approximate surface area is 45.2 Å². The van der Waals surface area contributed by atoms with Crippen molar-refractivity contribution < 1.29 is 0 Å². The van der Waals surface area contributed by atoms with Crippen LogP contribution in [-0.2, 0) is 0 Å². The fourth-order valence-electron chi connectivity index (χ4n) is 0.333. The SMILES string of the molecule is CBSB(C)C. The third kappa shape index (κ3) is 4.48. The third-order valence-electron chi connectivity index (χ3n) is 0.500. The van der Waals surface area contributed by atoms with E-state index in [0.717, 1.165) is 5.99 Å². The van der Waals surface area contributed by atoms with Crippen LogP contribution in [0.1, 0.15) is 0 Å². The second kappa shape index (κ2) is 3.66. The molecule has 0 unspecified atom stereocenters. The maximum atomic E-state index is 2.22. The molecule has 3 heteroatoms. The van der Waals surface area contributed by atoms with Crippen molar-refractivity contribution in [1.29, 1.82) is 0 Å². The van der Waals surface area contributed by atoms with Crippen LogP contribution in [-0.4, -0.2) is 12.5 Å².